The Morgan fingerprint density at radius 2 is 1.60 bits per heavy atom. The number of aromatic nitrogens is 1. The molecule has 1 aliphatic rings. The molecule has 1 N–H and O–H groups in total. The predicted octanol–water partition coefficient (Wildman–Crippen LogP) is 4.16. The van der Waals surface area contributed by atoms with Crippen molar-refractivity contribution in [3.05, 3.63) is 66.7 Å². The monoisotopic (exact) mass is 425 g/mol. The maximum Gasteiger partial charge on any atom is 0.255 e. The molecule has 0 atom stereocenters. The lowest BCUT2D eigenvalue weighted by molar-refractivity contribution is 0.102. The fourth-order valence-electron chi connectivity index (χ4n) is 3.49. The fraction of sp³-hybridized carbons (Fsp3) is 0.273. The van der Waals surface area contributed by atoms with Gasteiger partial charge in [0.2, 0.25) is 10.0 Å². The van der Waals surface area contributed by atoms with Gasteiger partial charge in [0.15, 0.2) is 12.2 Å². The van der Waals surface area contributed by atoms with E-state index in [-0.39, 0.29) is 10.8 Å². The topological polar surface area (TPSA) is 92.5 Å². The number of nitrogens with one attached hydrogen (secondary N) is 1. The van der Waals surface area contributed by atoms with Crippen molar-refractivity contribution in [3.8, 4) is 11.3 Å². The van der Waals surface area contributed by atoms with E-state index in [4.69, 9.17) is 4.42 Å². The smallest absolute Gasteiger partial charge is 0.255 e. The van der Waals surface area contributed by atoms with Gasteiger partial charge in [0.05, 0.1) is 11.1 Å². The van der Waals surface area contributed by atoms with Gasteiger partial charge < -0.3 is 9.73 Å². The van der Waals surface area contributed by atoms with Crippen LogP contribution in [0.2, 0.25) is 0 Å². The van der Waals surface area contributed by atoms with Crippen molar-refractivity contribution in [1.29, 1.82) is 0 Å². The zero-order valence-electron chi connectivity index (χ0n) is 16.5. The van der Waals surface area contributed by atoms with E-state index in [2.05, 4.69) is 10.3 Å². The van der Waals surface area contributed by atoms with Gasteiger partial charge in [0.1, 0.15) is 0 Å². The molecule has 4 rings (SSSR count). The van der Waals surface area contributed by atoms with Crippen LogP contribution in [0.1, 0.15) is 36.0 Å². The Balaban J connectivity index is 1.43. The summed E-state index contributed by atoms with van der Waals surface area (Å²) in [6.45, 7) is 1.12. The third kappa shape index (κ3) is 4.44. The summed E-state index contributed by atoms with van der Waals surface area (Å²) in [7, 11) is -3.50. The van der Waals surface area contributed by atoms with E-state index >= 15 is 0 Å². The minimum absolute atomic E-state index is 0.249. The summed E-state index contributed by atoms with van der Waals surface area (Å²) in [5.41, 5.74) is 1.85. The Hall–Kier alpha value is -2.97. The van der Waals surface area contributed by atoms with Crippen LogP contribution in [0.15, 0.2) is 70.4 Å². The standard InChI is InChI=1S/C22H23N3O4S/c26-22(18-7-5-17(6-8-18)21-15-23-16-29-21)24-19-9-11-20(12-10-19)30(27,28)25-13-3-1-2-4-14-25/h5-12,15-16H,1-4,13-14H2,(H,24,26). The minimum Gasteiger partial charge on any atom is -0.444 e. The highest BCUT2D eigenvalue weighted by atomic mass is 32.2. The number of carbonyl (C=O) groups is 1. The van der Waals surface area contributed by atoms with E-state index in [9.17, 15) is 13.2 Å². The van der Waals surface area contributed by atoms with Crippen LogP contribution in [0.4, 0.5) is 5.69 Å². The summed E-state index contributed by atoms with van der Waals surface area (Å²) in [6.07, 6.45) is 6.88. The van der Waals surface area contributed by atoms with E-state index in [0.29, 0.717) is 30.1 Å². The number of hydrogen-bond acceptors (Lipinski definition) is 5. The van der Waals surface area contributed by atoms with Crippen LogP contribution in [0, 0.1) is 0 Å². The number of amides is 1. The van der Waals surface area contributed by atoms with Gasteiger partial charge in [-0.25, -0.2) is 13.4 Å². The zero-order chi connectivity index (χ0) is 21.0. The van der Waals surface area contributed by atoms with Crippen molar-refractivity contribution < 1.29 is 17.6 Å². The molecule has 0 aliphatic carbocycles. The van der Waals surface area contributed by atoms with E-state index < -0.39 is 10.0 Å². The summed E-state index contributed by atoms with van der Waals surface area (Å²) < 4.78 is 32.5. The van der Waals surface area contributed by atoms with E-state index in [1.165, 1.54) is 6.39 Å². The molecule has 1 aromatic heterocycles. The second kappa shape index (κ2) is 8.81. The molecule has 2 aromatic carbocycles. The van der Waals surface area contributed by atoms with Crippen LogP contribution in [0.5, 0.6) is 0 Å². The Kier molecular flexibility index (Phi) is 5.96. The lowest BCUT2D eigenvalue weighted by Crippen LogP contribution is -2.31. The molecule has 0 spiro atoms. The Labute approximate surface area is 175 Å². The molecule has 1 fully saturated rings. The number of benzene rings is 2. The first kappa shape index (κ1) is 20.3. The first-order valence-electron chi connectivity index (χ1n) is 9.94. The third-order valence-electron chi connectivity index (χ3n) is 5.18. The molecule has 1 saturated heterocycles. The van der Waals surface area contributed by atoms with Gasteiger partial charge >= 0.3 is 0 Å². The number of rotatable bonds is 5. The van der Waals surface area contributed by atoms with Crippen LogP contribution < -0.4 is 5.32 Å². The van der Waals surface area contributed by atoms with E-state index in [1.807, 2.05) is 0 Å². The third-order valence-corrected chi connectivity index (χ3v) is 7.09. The highest BCUT2D eigenvalue weighted by Gasteiger charge is 2.25. The molecular formula is C22H23N3O4S. The average Bonchev–Trinajstić information content (AvgIpc) is 3.16. The van der Waals surface area contributed by atoms with E-state index in [0.717, 1.165) is 31.2 Å². The highest BCUT2D eigenvalue weighted by Crippen LogP contribution is 2.23. The molecule has 0 saturated carbocycles. The Bertz CT molecular complexity index is 1080. The normalized spacial score (nSPS) is 15.5. The molecule has 0 unspecified atom stereocenters. The molecule has 0 bridgehead atoms. The predicted molar refractivity (Wildman–Crippen MR) is 114 cm³/mol. The van der Waals surface area contributed by atoms with Gasteiger partial charge in [-0.05, 0) is 49.2 Å². The zero-order valence-corrected chi connectivity index (χ0v) is 17.3. The number of nitrogens with zero attached hydrogens (tertiary/aromatic N) is 2. The molecule has 3 aromatic rings. The summed E-state index contributed by atoms with van der Waals surface area (Å²) in [4.78, 5) is 16.6. The number of carbonyl (C=O) groups excluding carboxylic acids is 1. The molecule has 1 amide bonds. The summed E-state index contributed by atoms with van der Waals surface area (Å²) in [6, 6.07) is 13.3. The fourth-order valence-corrected chi connectivity index (χ4v) is 5.01. The van der Waals surface area contributed by atoms with Crippen molar-refractivity contribution in [2.45, 2.75) is 30.6 Å². The van der Waals surface area contributed by atoms with Gasteiger partial charge in [-0.15, -0.1) is 0 Å². The minimum atomic E-state index is -3.50. The lowest BCUT2D eigenvalue weighted by atomic mass is 10.1. The average molecular weight is 426 g/mol. The van der Waals surface area contributed by atoms with Gasteiger partial charge in [-0.3, -0.25) is 4.79 Å². The van der Waals surface area contributed by atoms with Gasteiger partial charge in [0.25, 0.3) is 5.91 Å². The molecule has 0 radical (unpaired) electrons. The maximum atomic E-state index is 12.9. The van der Waals surface area contributed by atoms with Crippen molar-refractivity contribution in [1.82, 2.24) is 9.29 Å². The van der Waals surface area contributed by atoms with Crippen LogP contribution >= 0.6 is 0 Å². The first-order chi connectivity index (χ1) is 14.5. The molecule has 7 nitrogen and oxygen atoms in total. The van der Waals surface area contributed by atoms with Crippen LogP contribution in [-0.4, -0.2) is 36.7 Å². The Morgan fingerprint density at radius 1 is 0.933 bits per heavy atom. The van der Waals surface area contributed by atoms with Crippen molar-refractivity contribution in [2.24, 2.45) is 0 Å². The van der Waals surface area contributed by atoms with Crippen LogP contribution in [-0.2, 0) is 10.0 Å². The molecule has 30 heavy (non-hydrogen) atoms. The van der Waals surface area contributed by atoms with Crippen molar-refractivity contribution in [2.75, 3.05) is 18.4 Å². The van der Waals surface area contributed by atoms with Crippen molar-refractivity contribution >= 4 is 21.6 Å². The lowest BCUT2D eigenvalue weighted by Gasteiger charge is -2.20. The number of oxazole rings is 1. The number of hydrogen-bond donors (Lipinski definition) is 1. The quantitative estimate of drug-likeness (QED) is 0.663. The maximum absolute atomic E-state index is 12.9. The van der Waals surface area contributed by atoms with Crippen molar-refractivity contribution in [3.63, 3.8) is 0 Å². The van der Waals surface area contributed by atoms with Gasteiger partial charge in [-0.1, -0.05) is 25.0 Å². The number of sulfonamides is 1. The second-order valence-corrected chi connectivity index (χ2v) is 9.18. The molecule has 1 aliphatic heterocycles. The van der Waals surface area contributed by atoms with Gasteiger partial charge in [-0.2, -0.15) is 4.31 Å². The summed E-state index contributed by atoms with van der Waals surface area (Å²) >= 11 is 0. The largest absolute Gasteiger partial charge is 0.444 e. The summed E-state index contributed by atoms with van der Waals surface area (Å²) in [5.74, 6) is 0.352. The highest BCUT2D eigenvalue weighted by molar-refractivity contribution is 7.89. The Morgan fingerprint density at radius 3 is 2.20 bits per heavy atom. The second-order valence-electron chi connectivity index (χ2n) is 7.24. The number of anilines is 1. The van der Waals surface area contributed by atoms with Gasteiger partial charge in [0, 0.05) is 29.9 Å². The van der Waals surface area contributed by atoms with Crippen LogP contribution in [0.3, 0.4) is 0 Å². The molecule has 2 heterocycles. The molecule has 8 heteroatoms. The van der Waals surface area contributed by atoms with Crippen LogP contribution in [0.25, 0.3) is 11.3 Å². The SMILES string of the molecule is O=C(Nc1ccc(S(=O)(=O)N2CCCCCC2)cc1)c1ccc(-c2cnco2)cc1. The molecule has 156 valence electrons. The summed E-state index contributed by atoms with van der Waals surface area (Å²) in [5, 5.41) is 2.80. The molecular weight excluding hydrogens is 402 g/mol. The van der Waals surface area contributed by atoms with E-state index in [1.54, 1.807) is 59.0 Å². The first-order valence-corrected chi connectivity index (χ1v) is 11.4.